The molecule has 7 aromatic carbocycles. The van der Waals surface area contributed by atoms with Crippen molar-refractivity contribution in [3.63, 3.8) is 0 Å². The molecule has 0 atom stereocenters. The third-order valence-electron chi connectivity index (χ3n) is 18.7. The minimum atomic E-state index is 1.00. The molecule has 0 unspecified atom stereocenters. The van der Waals surface area contributed by atoms with Gasteiger partial charge in [-0.1, -0.05) is 0 Å². The second-order valence-electron chi connectivity index (χ2n) is 20.6. The van der Waals surface area contributed by atoms with Crippen LogP contribution in [0.25, 0.3) is 66.1 Å². The molecule has 0 aromatic heterocycles. The maximum atomic E-state index is 2.44. The van der Waals surface area contributed by atoms with Gasteiger partial charge in [-0.3, -0.25) is 0 Å². The van der Waals surface area contributed by atoms with Crippen LogP contribution in [0, 0.1) is 166 Å². The number of fused-ring (bicyclic) bond motifs is 5. The van der Waals surface area contributed by atoms with Crippen molar-refractivity contribution in [3.8, 4) is 44.5 Å². The summed E-state index contributed by atoms with van der Waals surface area (Å²) in [6, 6.07) is 0. The summed E-state index contributed by atoms with van der Waals surface area (Å²) in [5, 5.41) is 5.76. The largest absolute Gasteiger partial charge is 0.0447 e. The van der Waals surface area contributed by atoms with Crippen LogP contribution in [0.4, 0.5) is 0 Å². The molecule has 63 heavy (non-hydrogen) atoms. The molecular formula is C63H74. The average Bonchev–Trinajstić information content (AvgIpc) is 3.66. The monoisotopic (exact) mass is 831 g/mol. The fraction of sp³-hybridized carbons (Fsp3) is 0.397. The first-order chi connectivity index (χ1) is 29.3. The van der Waals surface area contributed by atoms with Gasteiger partial charge in [-0.05, 0) is 383 Å². The summed E-state index contributed by atoms with van der Waals surface area (Å²) in [6.45, 7) is 57.3. The highest BCUT2D eigenvalue weighted by Gasteiger charge is 2.35. The van der Waals surface area contributed by atoms with Crippen LogP contribution in [0.1, 0.15) is 145 Å². The van der Waals surface area contributed by atoms with E-state index in [0.29, 0.717) is 0 Å². The first kappa shape index (κ1) is 44.7. The van der Waals surface area contributed by atoms with E-state index in [4.69, 9.17) is 0 Å². The fourth-order valence-electron chi connectivity index (χ4n) is 12.7. The van der Waals surface area contributed by atoms with Crippen LogP contribution in [-0.2, 0) is 6.42 Å². The fourth-order valence-corrected chi connectivity index (χ4v) is 12.7. The third kappa shape index (κ3) is 5.64. The van der Waals surface area contributed by atoms with Gasteiger partial charge in [-0.15, -0.1) is 0 Å². The zero-order valence-electron chi connectivity index (χ0n) is 43.7. The molecule has 0 radical (unpaired) electrons. The van der Waals surface area contributed by atoms with Crippen molar-refractivity contribution in [1.82, 2.24) is 0 Å². The van der Waals surface area contributed by atoms with Crippen molar-refractivity contribution in [2.75, 3.05) is 0 Å². The third-order valence-corrected chi connectivity index (χ3v) is 18.7. The molecule has 8 rings (SSSR count). The Kier molecular flexibility index (Phi) is 10.5. The van der Waals surface area contributed by atoms with Crippen molar-refractivity contribution >= 4 is 21.5 Å². The second-order valence-corrected chi connectivity index (χ2v) is 20.6. The zero-order valence-corrected chi connectivity index (χ0v) is 43.7. The van der Waals surface area contributed by atoms with Crippen molar-refractivity contribution < 1.29 is 0 Å². The molecule has 0 fully saturated rings. The van der Waals surface area contributed by atoms with Gasteiger partial charge in [0.25, 0.3) is 0 Å². The molecule has 0 heteroatoms. The molecule has 0 bridgehead atoms. The van der Waals surface area contributed by atoms with Crippen LogP contribution in [-0.4, -0.2) is 0 Å². The molecule has 0 aliphatic heterocycles. The number of benzene rings is 7. The Balaban J connectivity index is 1.70. The van der Waals surface area contributed by atoms with E-state index in [0.717, 1.165) is 6.42 Å². The maximum absolute atomic E-state index is 2.44. The highest BCUT2D eigenvalue weighted by atomic mass is 14.4. The summed E-state index contributed by atoms with van der Waals surface area (Å²) >= 11 is 0. The topological polar surface area (TPSA) is 0 Å². The minimum absolute atomic E-state index is 1.00. The summed E-state index contributed by atoms with van der Waals surface area (Å²) in [7, 11) is 0. The lowest BCUT2D eigenvalue weighted by atomic mass is 9.72. The standard InChI is InChI=1S/C63H74/c1-26-28(3)38(13)52(39(14)29(26)4)53-46(21)48(23)54(49(24)47(53)22)62-56-41(16)31(6)33(8)43(18)58(56)63(59-44(19)34(9)32(7)42(17)57(59)62)60-45(20)35(10)37(12)51-25-50-36(11)27(2)30(5)40(15)55(50)61(51)60/h25H2,1-24H3. The lowest BCUT2D eigenvalue weighted by Gasteiger charge is -2.31. The first-order valence-electron chi connectivity index (χ1n) is 23.7. The van der Waals surface area contributed by atoms with E-state index in [1.807, 2.05) is 0 Å². The summed E-state index contributed by atoms with van der Waals surface area (Å²) in [5.41, 5.74) is 48.8. The minimum Gasteiger partial charge on any atom is -0.0447 e. The molecule has 0 spiro atoms. The number of hydrogen-bond donors (Lipinski definition) is 0. The van der Waals surface area contributed by atoms with Crippen molar-refractivity contribution in [3.05, 3.63) is 145 Å². The number of aryl methyl sites for hydroxylation is 4. The molecule has 0 nitrogen and oxygen atoms in total. The highest BCUT2D eigenvalue weighted by molar-refractivity contribution is 6.27. The van der Waals surface area contributed by atoms with Crippen LogP contribution in [0.15, 0.2) is 0 Å². The molecule has 0 saturated heterocycles. The van der Waals surface area contributed by atoms with Gasteiger partial charge in [-0.25, -0.2) is 0 Å². The lowest BCUT2D eigenvalue weighted by molar-refractivity contribution is 1.12. The summed E-state index contributed by atoms with van der Waals surface area (Å²) in [6.07, 6.45) is 1.00. The van der Waals surface area contributed by atoms with Crippen molar-refractivity contribution in [2.45, 2.75) is 173 Å². The molecule has 0 amide bonds. The van der Waals surface area contributed by atoms with Gasteiger partial charge in [-0.2, -0.15) is 0 Å². The molecule has 1 aliphatic carbocycles. The quantitative estimate of drug-likeness (QED) is 0.156. The average molecular weight is 831 g/mol. The van der Waals surface area contributed by atoms with Crippen LogP contribution < -0.4 is 0 Å². The summed E-state index contributed by atoms with van der Waals surface area (Å²) < 4.78 is 0. The Morgan fingerprint density at radius 1 is 0.143 bits per heavy atom. The lowest BCUT2D eigenvalue weighted by Crippen LogP contribution is -2.09. The molecular weight excluding hydrogens is 757 g/mol. The predicted octanol–water partition coefficient (Wildman–Crippen LogP) is 18.0. The Morgan fingerprint density at radius 3 is 0.683 bits per heavy atom. The van der Waals surface area contributed by atoms with Crippen LogP contribution >= 0.6 is 0 Å². The molecule has 0 saturated carbocycles. The molecule has 1 aliphatic rings. The Morgan fingerprint density at radius 2 is 0.333 bits per heavy atom. The van der Waals surface area contributed by atoms with E-state index in [-0.39, 0.29) is 0 Å². The molecule has 7 aromatic rings. The van der Waals surface area contributed by atoms with E-state index in [1.54, 1.807) is 0 Å². The van der Waals surface area contributed by atoms with E-state index in [2.05, 4.69) is 166 Å². The van der Waals surface area contributed by atoms with Crippen LogP contribution in [0.5, 0.6) is 0 Å². The van der Waals surface area contributed by atoms with E-state index >= 15 is 0 Å². The van der Waals surface area contributed by atoms with E-state index in [9.17, 15) is 0 Å². The Labute approximate surface area is 381 Å². The smallest absolute Gasteiger partial charge is 0.000766 e. The highest BCUT2D eigenvalue weighted by Crippen LogP contribution is 2.58. The molecule has 326 valence electrons. The van der Waals surface area contributed by atoms with Crippen LogP contribution in [0.3, 0.4) is 0 Å². The molecule has 0 heterocycles. The van der Waals surface area contributed by atoms with E-state index in [1.165, 1.54) is 211 Å². The Bertz CT molecular complexity index is 3150. The van der Waals surface area contributed by atoms with Crippen molar-refractivity contribution in [1.29, 1.82) is 0 Å². The van der Waals surface area contributed by atoms with Crippen molar-refractivity contribution in [2.24, 2.45) is 0 Å². The van der Waals surface area contributed by atoms with Crippen LogP contribution in [0.2, 0.25) is 0 Å². The molecule has 0 N–H and O–H groups in total. The zero-order chi connectivity index (χ0) is 46.6. The van der Waals surface area contributed by atoms with E-state index < -0.39 is 0 Å². The number of hydrogen-bond acceptors (Lipinski definition) is 0. The number of rotatable bonds is 3. The second kappa shape index (κ2) is 14.8. The van der Waals surface area contributed by atoms with Gasteiger partial charge in [0.2, 0.25) is 0 Å². The predicted molar refractivity (Wildman–Crippen MR) is 280 cm³/mol. The van der Waals surface area contributed by atoms with Gasteiger partial charge in [0.15, 0.2) is 0 Å². The summed E-state index contributed by atoms with van der Waals surface area (Å²) in [5.74, 6) is 0. The SMILES string of the molecule is Cc1c(C)c(C)c(-c2c(C)c(C)c(-c3c4c(C)c(C)c(C)c(C)c4c(-c4c(C)c(C)c(C)c5c4-c4c(C)c(C)c(C)c(C)c4C5)c4c(C)c(C)c(C)c(C)c34)c(C)c2C)c(C)c1C. The first-order valence-corrected chi connectivity index (χ1v) is 23.7. The maximum Gasteiger partial charge on any atom is -0.000766 e. The van der Waals surface area contributed by atoms with Gasteiger partial charge in [0.05, 0.1) is 0 Å². The van der Waals surface area contributed by atoms with Gasteiger partial charge < -0.3 is 0 Å². The van der Waals surface area contributed by atoms with Gasteiger partial charge in [0, 0.05) is 0 Å². The van der Waals surface area contributed by atoms with Gasteiger partial charge >= 0.3 is 0 Å². The van der Waals surface area contributed by atoms with Gasteiger partial charge in [0.1, 0.15) is 0 Å². The normalized spacial score (nSPS) is 12.4. The summed E-state index contributed by atoms with van der Waals surface area (Å²) in [4.78, 5) is 0. The Hall–Kier alpha value is -4.94.